The van der Waals surface area contributed by atoms with Crippen LogP contribution in [0.3, 0.4) is 0 Å². The van der Waals surface area contributed by atoms with Gasteiger partial charge in [0.25, 0.3) is 0 Å². The van der Waals surface area contributed by atoms with Crippen LogP contribution in [0.15, 0.2) is 24.3 Å². The molecule has 23 heavy (non-hydrogen) atoms. The normalized spacial score (nSPS) is 12.5. The fraction of sp³-hybridized carbons (Fsp3) is 0.533. The molecule has 1 rings (SSSR count). The summed E-state index contributed by atoms with van der Waals surface area (Å²) < 4.78 is 43.3. The highest BCUT2D eigenvalue weighted by atomic mass is 35.5. The molecule has 3 N–H and O–H groups in total. The molecule has 0 aliphatic carbocycles. The van der Waals surface area contributed by atoms with Crippen LogP contribution in [-0.4, -0.2) is 25.1 Å². The maximum atomic E-state index is 12.7. The Labute approximate surface area is 140 Å². The standard InChI is InChI=1S/C15H21F3N2O2.ClH/c1-10(2)9-12(19)14(21)20-7-8-22-13-6-4-3-5-11(13)15(16,17)18;/h3-6,10,12H,7-9,19H2,1-2H3,(H,20,21);1H/t12-;/m0./s1. The first kappa shape index (κ1) is 21.5. The van der Waals surface area contributed by atoms with Crippen molar-refractivity contribution >= 4 is 18.3 Å². The number of carbonyl (C=O) groups is 1. The van der Waals surface area contributed by atoms with Gasteiger partial charge in [-0.3, -0.25) is 4.79 Å². The Hall–Kier alpha value is -1.47. The summed E-state index contributed by atoms with van der Waals surface area (Å²) in [6.45, 7) is 3.93. The number of halogens is 4. The molecular weight excluding hydrogens is 333 g/mol. The van der Waals surface area contributed by atoms with Crippen molar-refractivity contribution in [2.24, 2.45) is 11.7 Å². The van der Waals surface area contributed by atoms with Gasteiger partial charge in [-0.1, -0.05) is 26.0 Å². The quantitative estimate of drug-likeness (QED) is 0.740. The molecule has 1 aromatic carbocycles. The molecule has 1 amide bonds. The minimum absolute atomic E-state index is 0. The SMILES string of the molecule is CC(C)C[C@H](N)C(=O)NCCOc1ccccc1C(F)(F)F.Cl. The van der Waals surface area contributed by atoms with Crippen molar-refractivity contribution in [2.45, 2.75) is 32.5 Å². The number of hydrogen-bond donors (Lipinski definition) is 2. The van der Waals surface area contributed by atoms with Gasteiger partial charge >= 0.3 is 6.18 Å². The molecule has 4 nitrogen and oxygen atoms in total. The van der Waals surface area contributed by atoms with Crippen LogP contribution >= 0.6 is 12.4 Å². The third kappa shape index (κ3) is 7.56. The van der Waals surface area contributed by atoms with Crippen LogP contribution in [0.25, 0.3) is 0 Å². The smallest absolute Gasteiger partial charge is 0.419 e. The van der Waals surface area contributed by atoms with Gasteiger partial charge in [-0.2, -0.15) is 13.2 Å². The topological polar surface area (TPSA) is 64.4 Å². The Bertz CT molecular complexity index is 496. The van der Waals surface area contributed by atoms with E-state index in [1.807, 2.05) is 13.8 Å². The van der Waals surface area contributed by atoms with Crippen molar-refractivity contribution in [2.75, 3.05) is 13.2 Å². The highest BCUT2D eigenvalue weighted by Gasteiger charge is 2.33. The fourth-order valence-corrected chi connectivity index (χ4v) is 1.91. The zero-order valence-electron chi connectivity index (χ0n) is 13.0. The van der Waals surface area contributed by atoms with E-state index in [1.54, 1.807) is 0 Å². The van der Waals surface area contributed by atoms with Gasteiger partial charge in [-0.15, -0.1) is 12.4 Å². The third-order valence-corrected chi connectivity index (χ3v) is 2.91. The van der Waals surface area contributed by atoms with E-state index in [1.165, 1.54) is 18.2 Å². The Morgan fingerprint density at radius 3 is 2.48 bits per heavy atom. The molecule has 0 bridgehead atoms. The van der Waals surface area contributed by atoms with Crippen LogP contribution in [0.4, 0.5) is 13.2 Å². The Kier molecular flexibility index (Phi) is 9.01. The van der Waals surface area contributed by atoms with Gasteiger partial charge < -0.3 is 15.8 Å². The van der Waals surface area contributed by atoms with E-state index in [4.69, 9.17) is 10.5 Å². The van der Waals surface area contributed by atoms with Crippen LogP contribution < -0.4 is 15.8 Å². The fourth-order valence-electron chi connectivity index (χ4n) is 1.91. The summed E-state index contributed by atoms with van der Waals surface area (Å²) in [7, 11) is 0. The Morgan fingerprint density at radius 2 is 1.91 bits per heavy atom. The average Bonchev–Trinajstić information content (AvgIpc) is 2.42. The van der Waals surface area contributed by atoms with E-state index in [-0.39, 0.29) is 43.1 Å². The zero-order valence-corrected chi connectivity index (χ0v) is 13.8. The molecule has 1 atom stereocenters. The predicted octanol–water partition coefficient (Wildman–Crippen LogP) is 3.00. The molecule has 0 fully saturated rings. The molecule has 0 unspecified atom stereocenters. The number of amides is 1. The minimum atomic E-state index is -4.47. The molecule has 0 aromatic heterocycles. The molecule has 1 aromatic rings. The number of nitrogens with two attached hydrogens (primary N) is 1. The van der Waals surface area contributed by atoms with Crippen LogP contribution in [0.1, 0.15) is 25.8 Å². The van der Waals surface area contributed by atoms with Crippen molar-refractivity contribution in [1.29, 1.82) is 0 Å². The van der Waals surface area contributed by atoms with Crippen LogP contribution in [0.5, 0.6) is 5.75 Å². The number of rotatable bonds is 7. The second-order valence-corrected chi connectivity index (χ2v) is 5.37. The summed E-state index contributed by atoms with van der Waals surface area (Å²) in [5.74, 6) is -0.298. The van der Waals surface area contributed by atoms with E-state index in [0.717, 1.165) is 6.07 Å². The lowest BCUT2D eigenvalue weighted by atomic mass is 10.0. The number of benzene rings is 1. The summed E-state index contributed by atoms with van der Waals surface area (Å²) in [4.78, 5) is 11.6. The maximum Gasteiger partial charge on any atom is 0.419 e. The number of hydrogen-bond acceptors (Lipinski definition) is 3. The molecule has 0 saturated carbocycles. The predicted molar refractivity (Wildman–Crippen MR) is 84.6 cm³/mol. The Morgan fingerprint density at radius 1 is 1.30 bits per heavy atom. The van der Waals surface area contributed by atoms with Crippen molar-refractivity contribution in [1.82, 2.24) is 5.32 Å². The van der Waals surface area contributed by atoms with Crippen LogP contribution in [0.2, 0.25) is 0 Å². The van der Waals surface area contributed by atoms with Crippen molar-refractivity contribution in [3.8, 4) is 5.75 Å². The average molecular weight is 355 g/mol. The van der Waals surface area contributed by atoms with Crippen LogP contribution in [-0.2, 0) is 11.0 Å². The van der Waals surface area contributed by atoms with Gasteiger partial charge in [0.05, 0.1) is 18.2 Å². The second kappa shape index (κ2) is 9.62. The van der Waals surface area contributed by atoms with E-state index in [9.17, 15) is 18.0 Å². The molecule has 0 heterocycles. The van der Waals surface area contributed by atoms with Crippen molar-refractivity contribution in [3.05, 3.63) is 29.8 Å². The van der Waals surface area contributed by atoms with E-state index in [0.29, 0.717) is 6.42 Å². The summed E-state index contributed by atoms with van der Waals surface area (Å²) in [5, 5.41) is 2.55. The molecule has 0 spiro atoms. The lowest BCUT2D eigenvalue weighted by molar-refractivity contribution is -0.139. The molecule has 0 aliphatic heterocycles. The van der Waals surface area contributed by atoms with Gasteiger partial charge in [-0.05, 0) is 24.5 Å². The molecule has 8 heteroatoms. The molecule has 0 radical (unpaired) electrons. The summed E-state index contributed by atoms with van der Waals surface area (Å²) in [6.07, 6.45) is -3.93. The third-order valence-electron chi connectivity index (χ3n) is 2.91. The first-order valence-corrected chi connectivity index (χ1v) is 7.04. The number of ether oxygens (including phenoxy) is 1. The highest BCUT2D eigenvalue weighted by Crippen LogP contribution is 2.35. The first-order valence-electron chi connectivity index (χ1n) is 7.04. The van der Waals surface area contributed by atoms with Gasteiger partial charge in [0.2, 0.25) is 5.91 Å². The van der Waals surface area contributed by atoms with Gasteiger partial charge in [0.1, 0.15) is 12.4 Å². The number of carbonyl (C=O) groups excluding carboxylic acids is 1. The molecule has 0 saturated heterocycles. The van der Waals surface area contributed by atoms with Gasteiger partial charge in [-0.25, -0.2) is 0 Å². The van der Waals surface area contributed by atoms with Gasteiger partial charge in [0, 0.05) is 0 Å². The highest BCUT2D eigenvalue weighted by molar-refractivity contribution is 5.85. The number of para-hydroxylation sites is 1. The molecule has 132 valence electrons. The van der Waals surface area contributed by atoms with E-state index >= 15 is 0 Å². The summed E-state index contributed by atoms with van der Waals surface area (Å²) >= 11 is 0. The minimum Gasteiger partial charge on any atom is -0.491 e. The largest absolute Gasteiger partial charge is 0.491 e. The number of nitrogens with one attached hydrogen (secondary N) is 1. The lowest BCUT2D eigenvalue weighted by Gasteiger charge is -2.16. The first-order chi connectivity index (χ1) is 10.2. The van der Waals surface area contributed by atoms with Crippen molar-refractivity contribution in [3.63, 3.8) is 0 Å². The maximum absolute atomic E-state index is 12.7. The summed E-state index contributed by atoms with van der Waals surface area (Å²) in [6, 6.07) is 4.33. The summed E-state index contributed by atoms with van der Waals surface area (Å²) in [5.41, 5.74) is 4.86. The molecular formula is C15H22ClF3N2O2. The van der Waals surface area contributed by atoms with Crippen LogP contribution in [0, 0.1) is 5.92 Å². The second-order valence-electron chi connectivity index (χ2n) is 5.37. The monoisotopic (exact) mass is 354 g/mol. The van der Waals surface area contributed by atoms with Crippen molar-refractivity contribution < 1.29 is 22.7 Å². The Balaban J connectivity index is 0.00000484. The number of alkyl halides is 3. The lowest BCUT2D eigenvalue weighted by Crippen LogP contribution is -2.42. The van der Waals surface area contributed by atoms with Gasteiger partial charge in [0.15, 0.2) is 0 Å². The zero-order chi connectivity index (χ0) is 16.8. The van der Waals surface area contributed by atoms with E-state index < -0.39 is 17.8 Å². The van der Waals surface area contributed by atoms with E-state index in [2.05, 4.69) is 5.32 Å². The molecule has 0 aliphatic rings.